The molecule has 1 aromatic heterocycles. The van der Waals surface area contributed by atoms with Gasteiger partial charge in [-0.1, -0.05) is 31.5 Å². The van der Waals surface area contributed by atoms with E-state index in [4.69, 9.17) is 0 Å². The minimum Gasteiger partial charge on any atom is -0.345 e. The quantitative estimate of drug-likeness (QED) is 0.889. The predicted octanol–water partition coefficient (Wildman–Crippen LogP) is 3.25. The third-order valence-electron chi connectivity index (χ3n) is 4.63. The van der Waals surface area contributed by atoms with E-state index in [0.29, 0.717) is 18.4 Å². The third kappa shape index (κ3) is 2.87. The summed E-state index contributed by atoms with van der Waals surface area (Å²) in [6, 6.07) is 6.44. The van der Waals surface area contributed by atoms with E-state index in [0.717, 1.165) is 18.7 Å². The van der Waals surface area contributed by atoms with Gasteiger partial charge in [-0.25, -0.2) is 9.37 Å². The highest BCUT2D eigenvalue weighted by Crippen LogP contribution is 2.49. The number of carbonyl (C=O) groups excluding carboxylic acids is 1. The van der Waals surface area contributed by atoms with E-state index < -0.39 is 5.41 Å². The maximum absolute atomic E-state index is 14.1. The van der Waals surface area contributed by atoms with E-state index in [1.165, 1.54) is 6.07 Å². The van der Waals surface area contributed by atoms with Crippen molar-refractivity contribution in [1.29, 1.82) is 0 Å². The first-order valence-corrected chi connectivity index (χ1v) is 8.11. The number of amides is 1. The lowest BCUT2D eigenvalue weighted by molar-refractivity contribution is -0.124. The van der Waals surface area contributed by atoms with Gasteiger partial charge in [0.1, 0.15) is 11.6 Å². The van der Waals surface area contributed by atoms with Crippen LogP contribution in [-0.2, 0) is 17.3 Å². The molecule has 1 aromatic carbocycles. The molecule has 1 saturated carbocycles. The average Bonchev–Trinajstić information content (AvgIpc) is 3.23. The Morgan fingerprint density at radius 3 is 2.74 bits per heavy atom. The molecule has 0 aliphatic heterocycles. The molecule has 1 fully saturated rings. The summed E-state index contributed by atoms with van der Waals surface area (Å²) in [5.74, 6) is 0.442. The van der Waals surface area contributed by atoms with Crippen LogP contribution in [0.4, 0.5) is 4.39 Å². The molecule has 0 spiro atoms. The maximum atomic E-state index is 14.1. The molecule has 1 aliphatic rings. The molecule has 122 valence electrons. The van der Waals surface area contributed by atoms with E-state index in [9.17, 15) is 9.18 Å². The molecular formula is C18H22FN3O. The van der Waals surface area contributed by atoms with Crippen molar-refractivity contribution in [3.05, 3.63) is 53.9 Å². The maximum Gasteiger partial charge on any atom is 0.231 e. The van der Waals surface area contributed by atoms with Gasteiger partial charge in [0.05, 0.1) is 11.5 Å². The molecule has 1 heterocycles. The minimum absolute atomic E-state index is 0.0935. The second kappa shape index (κ2) is 6.14. The molecule has 1 amide bonds. The Morgan fingerprint density at radius 2 is 2.17 bits per heavy atom. The van der Waals surface area contributed by atoms with Gasteiger partial charge in [-0.2, -0.15) is 0 Å². The van der Waals surface area contributed by atoms with Crippen LogP contribution >= 0.6 is 0 Å². The monoisotopic (exact) mass is 315 g/mol. The van der Waals surface area contributed by atoms with Crippen molar-refractivity contribution in [1.82, 2.24) is 14.9 Å². The molecule has 1 aliphatic carbocycles. The molecule has 1 N–H and O–H groups in total. The molecule has 5 heteroatoms. The second-order valence-corrected chi connectivity index (χ2v) is 6.27. The van der Waals surface area contributed by atoms with Gasteiger partial charge in [0.2, 0.25) is 5.91 Å². The molecular weight excluding hydrogens is 293 g/mol. The van der Waals surface area contributed by atoms with Gasteiger partial charge < -0.3 is 9.88 Å². The van der Waals surface area contributed by atoms with Crippen molar-refractivity contribution in [3.63, 3.8) is 0 Å². The number of nitrogens with one attached hydrogen (secondary N) is 1. The van der Waals surface area contributed by atoms with Gasteiger partial charge in [-0.05, 0) is 25.3 Å². The van der Waals surface area contributed by atoms with Crippen molar-refractivity contribution in [2.24, 2.45) is 7.05 Å². The van der Waals surface area contributed by atoms with Crippen LogP contribution in [0.2, 0.25) is 0 Å². The minimum atomic E-state index is -0.706. The predicted molar refractivity (Wildman–Crippen MR) is 86.3 cm³/mol. The first-order valence-electron chi connectivity index (χ1n) is 8.11. The second-order valence-electron chi connectivity index (χ2n) is 6.27. The zero-order valence-electron chi connectivity index (χ0n) is 13.6. The lowest BCUT2D eigenvalue weighted by Gasteiger charge is -2.22. The summed E-state index contributed by atoms with van der Waals surface area (Å²) < 4.78 is 16.0. The van der Waals surface area contributed by atoms with E-state index in [2.05, 4.69) is 17.2 Å². The molecule has 0 saturated heterocycles. The average molecular weight is 315 g/mol. The molecule has 0 radical (unpaired) electrons. The molecule has 0 bridgehead atoms. The van der Waals surface area contributed by atoms with Crippen molar-refractivity contribution in [3.8, 4) is 0 Å². The first kappa shape index (κ1) is 15.7. The Bertz CT molecular complexity index is 706. The number of nitrogens with zero attached hydrogens (tertiary/aromatic N) is 2. The number of hydrogen-bond donors (Lipinski definition) is 1. The molecule has 1 atom stereocenters. The van der Waals surface area contributed by atoms with Crippen molar-refractivity contribution in [2.75, 3.05) is 0 Å². The Labute approximate surface area is 135 Å². The number of aromatic nitrogens is 2. The summed E-state index contributed by atoms with van der Waals surface area (Å²) in [5.41, 5.74) is -0.199. The van der Waals surface area contributed by atoms with Gasteiger partial charge in [0, 0.05) is 25.0 Å². The molecule has 4 nitrogen and oxygen atoms in total. The topological polar surface area (TPSA) is 46.9 Å². The van der Waals surface area contributed by atoms with Crippen LogP contribution < -0.4 is 5.32 Å². The fraction of sp³-hybridized carbons (Fsp3) is 0.444. The standard InChI is InChI=1S/C18H22FN3O/c1-3-6-15(16-20-11-12-22(16)2)21-17(23)18(9-10-18)13-7-4-5-8-14(13)19/h4-5,7-8,11-12,15H,3,6,9-10H2,1-2H3,(H,21,23). The van der Waals surface area contributed by atoms with Crippen LogP contribution in [0.25, 0.3) is 0 Å². The number of carbonyl (C=O) groups is 1. The molecule has 2 aromatic rings. The van der Waals surface area contributed by atoms with Crippen molar-refractivity contribution < 1.29 is 9.18 Å². The van der Waals surface area contributed by atoms with Gasteiger partial charge in [0.25, 0.3) is 0 Å². The van der Waals surface area contributed by atoms with Gasteiger partial charge in [0.15, 0.2) is 0 Å². The number of imidazole rings is 1. The highest BCUT2D eigenvalue weighted by Gasteiger charge is 2.53. The normalized spacial score (nSPS) is 16.8. The Balaban J connectivity index is 1.83. The van der Waals surface area contributed by atoms with E-state index in [1.54, 1.807) is 24.4 Å². The fourth-order valence-corrected chi connectivity index (χ4v) is 3.16. The van der Waals surface area contributed by atoms with Crippen LogP contribution in [0.15, 0.2) is 36.7 Å². The molecule has 3 rings (SSSR count). The summed E-state index contributed by atoms with van der Waals surface area (Å²) in [4.78, 5) is 17.2. The van der Waals surface area contributed by atoms with E-state index >= 15 is 0 Å². The number of benzene rings is 1. The van der Waals surface area contributed by atoms with Crippen LogP contribution in [0.5, 0.6) is 0 Å². The first-order chi connectivity index (χ1) is 11.1. The zero-order chi connectivity index (χ0) is 16.4. The molecule has 23 heavy (non-hydrogen) atoms. The van der Waals surface area contributed by atoms with Crippen LogP contribution in [-0.4, -0.2) is 15.5 Å². The van der Waals surface area contributed by atoms with E-state index in [-0.39, 0.29) is 17.8 Å². The lowest BCUT2D eigenvalue weighted by atomic mass is 9.93. The summed E-state index contributed by atoms with van der Waals surface area (Å²) in [6.45, 7) is 2.08. The van der Waals surface area contributed by atoms with Gasteiger partial charge in [-0.3, -0.25) is 4.79 Å². The Hall–Kier alpha value is -2.17. The largest absolute Gasteiger partial charge is 0.345 e. The Kier molecular flexibility index (Phi) is 4.20. The lowest BCUT2D eigenvalue weighted by Crippen LogP contribution is -2.38. The summed E-state index contributed by atoms with van der Waals surface area (Å²) >= 11 is 0. The van der Waals surface area contributed by atoms with Crippen LogP contribution in [0.3, 0.4) is 0 Å². The highest BCUT2D eigenvalue weighted by atomic mass is 19.1. The highest BCUT2D eigenvalue weighted by molar-refractivity contribution is 5.91. The third-order valence-corrected chi connectivity index (χ3v) is 4.63. The van der Waals surface area contributed by atoms with Gasteiger partial charge >= 0.3 is 0 Å². The summed E-state index contributed by atoms with van der Waals surface area (Å²) in [6.07, 6.45) is 6.73. The summed E-state index contributed by atoms with van der Waals surface area (Å²) in [5, 5.41) is 3.10. The smallest absolute Gasteiger partial charge is 0.231 e. The Morgan fingerprint density at radius 1 is 1.43 bits per heavy atom. The van der Waals surface area contributed by atoms with Crippen molar-refractivity contribution in [2.45, 2.75) is 44.1 Å². The summed E-state index contributed by atoms with van der Waals surface area (Å²) in [7, 11) is 1.92. The fourth-order valence-electron chi connectivity index (χ4n) is 3.16. The molecule has 1 unspecified atom stereocenters. The number of hydrogen-bond acceptors (Lipinski definition) is 2. The number of rotatable bonds is 6. The number of halogens is 1. The zero-order valence-corrected chi connectivity index (χ0v) is 13.6. The SMILES string of the molecule is CCCC(NC(=O)C1(c2ccccc2F)CC1)c1nccn1C. The van der Waals surface area contributed by atoms with Crippen molar-refractivity contribution >= 4 is 5.91 Å². The van der Waals surface area contributed by atoms with Crippen LogP contribution in [0, 0.1) is 5.82 Å². The van der Waals surface area contributed by atoms with E-state index in [1.807, 2.05) is 17.8 Å². The number of aryl methyl sites for hydroxylation is 1. The van der Waals surface area contributed by atoms with Gasteiger partial charge in [-0.15, -0.1) is 0 Å². The van der Waals surface area contributed by atoms with Crippen LogP contribution in [0.1, 0.15) is 50.0 Å².